The SMILES string of the molecule is COc1cccc(/C=c2/sc3n(c2=O)C(c2ccc(Cl)cc2)C2=C(CC(C)(C)CC2=O)N=3)c1OC. The van der Waals surface area contributed by atoms with Crippen molar-refractivity contribution in [1.82, 2.24) is 4.57 Å². The number of nitrogens with zero attached hydrogens (tertiary/aromatic N) is 2. The summed E-state index contributed by atoms with van der Waals surface area (Å²) in [6.07, 6.45) is 2.88. The lowest BCUT2D eigenvalue weighted by Crippen LogP contribution is -2.42. The zero-order chi connectivity index (χ0) is 24.9. The number of Topliss-reactive ketones (excluding diaryl/α,β-unsaturated/α-hetero) is 1. The number of hydrogen-bond donors (Lipinski definition) is 0. The minimum Gasteiger partial charge on any atom is -0.493 e. The molecule has 0 saturated carbocycles. The van der Waals surface area contributed by atoms with Crippen LogP contribution in [-0.2, 0) is 4.79 Å². The van der Waals surface area contributed by atoms with Crippen molar-refractivity contribution in [2.24, 2.45) is 10.4 Å². The molecule has 0 radical (unpaired) electrons. The van der Waals surface area contributed by atoms with Gasteiger partial charge in [0.05, 0.1) is 30.5 Å². The Labute approximate surface area is 211 Å². The van der Waals surface area contributed by atoms with Gasteiger partial charge >= 0.3 is 0 Å². The Morgan fingerprint density at radius 2 is 1.83 bits per heavy atom. The molecular weight excluding hydrogens is 484 g/mol. The van der Waals surface area contributed by atoms with Crippen molar-refractivity contribution >= 4 is 34.8 Å². The second-order valence-corrected chi connectivity index (χ2v) is 11.0. The molecule has 3 aromatic rings. The smallest absolute Gasteiger partial charge is 0.271 e. The standard InChI is InChI=1S/C27H25ClN2O4S/c1-27(2)13-18-22(19(31)14-27)23(15-8-10-17(28)11-9-15)30-25(32)21(35-26(30)29-18)12-16-6-5-7-20(33-3)24(16)34-4/h5-12,23H,13-14H2,1-4H3/b21-12+. The molecule has 0 bridgehead atoms. The zero-order valence-electron chi connectivity index (χ0n) is 19.9. The fourth-order valence-electron chi connectivity index (χ4n) is 4.88. The Balaban J connectivity index is 1.77. The van der Waals surface area contributed by atoms with Gasteiger partial charge in [0.15, 0.2) is 22.1 Å². The van der Waals surface area contributed by atoms with Crippen molar-refractivity contribution in [1.29, 1.82) is 0 Å². The van der Waals surface area contributed by atoms with Gasteiger partial charge < -0.3 is 9.47 Å². The predicted octanol–water partition coefficient (Wildman–Crippen LogP) is 4.28. The highest BCUT2D eigenvalue weighted by Crippen LogP contribution is 2.43. The van der Waals surface area contributed by atoms with Gasteiger partial charge in [-0.15, -0.1) is 0 Å². The molecule has 0 saturated heterocycles. The van der Waals surface area contributed by atoms with Crippen molar-refractivity contribution in [3.8, 4) is 11.5 Å². The van der Waals surface area contributed by atoms with Crippen LogP contribution in [-0.4, -0.2) is 24.6 Å². The van der Waals surface area contributed by atoms with Crippen LogP contribution in [0.2, 0.25) is 5.02 Å². The van der Waals surface area contributed by atoms with Crippen LogP contribution >= 0.6 is 22.9 Å². The number of methoxy groups -OCH3 is 2. The maximum absolute atomic E-state index is 13.8. The van der Waals surface area contributed by atoms with E-state index in [2.05, 4.69) is 13.8 Å². The second kappa shape index (κ2) is 8.81. The molecule has 1 atom stereocenters. The number of carbonyl (C=O) groups excluding carboxylic acids is 1. The van der Waals surface area contributed by atoms with Crippen molar-refractivity contribution < 1.29 is 14.3 Å². The van der Waals surface area contributed by atoms with E-state index in [4.69, 9.17) is 26.1 Å². The summed E-state index contributed by atoms with van der Waals surface area (Å²) in [5, 5.41) is 0.594. The van der Waals surface area contributed by atoms with Crippen LogP contribution in [0.5, 0.6) is 11.5 Å². The number of hydrogen-bond acceptors (Lipinski definition) is 6. The lowest BCUT2D eigenvalue weighted by Gasteiger charge is -2.35. The van der Waals surface area contributed by atoms with Gasteiger partial charge in [-0.3, -0.25) is 14.2 Å². The predicted molar refractivity (Wildman–Crippen MR) is 137 cm³/mol. The van der Waals surface area contributed by atoms with Crippen LogP contribution < -0.4 is 24.4 Å². The molecule has 0 amide bonds. The molecule has 35 heavy (non-hydrogen) atoms. The first kappa shape index (κ1) is 23.6. The molecule has 8 heteroatoms. The van der Waals surface area contributed by atoms with E-state index in [9.17, 15) is 9.59 Å². The van der Waals surface area contributed by atoms with E-state index >= 15 is 0 Å². The average molecular weight is 509 g/mol. The van der Waals surface area contributed by atoms with Crippen molar-refractivity contribution in [2.75, 3.05) is 14.2 Å². The second-order valence-electron chi connectivity index (χ2n) is 9.52. The number of carbonyl (C=O) groups is 1. The van der Waals surface area contributed by atoms with Gasteiger partial charge in [-0.25, -0.2) is 4.99 Å². The topological polar surface area (TPSA) is 69.9 Å². The Bertz CT molecular complexity index is 1550. The quantitative estimate of drug-likeness (QED) is 0.527. The highest BCUT2D eigenvalue weighted by Gasteiger charge is 2.40. The molecule has 1 aliphatic heterocycles. The van der Waals surface area contributed by atoms with Crippen molar-refractivity contribution in [3.63, 3.8) is 0 Å². The maximum atomic E-state index is 13.8. The third-order valence-electron chi connectivity index (χ3n) is 6.40. The summed E-state index contributed by atoms with van der Waals surface area (Å²) in [4.78, 5) is 32.6. The van der Waals surface area contributed by atoms with Crippen molar-refractivity contribution in [3.05, 3.63) is 89.6 Å². The molecule has 0 fully saturated rings. The lowest BCUT2D eigenvalue weighted by molar-refractivity contribution is -0.118. The van der Waals surface area contributed by atoms with E-state index in [0.29, 0.717) is 44.3 Å². The van der Waals surface area contributed by atoms with Gasteiger partial charge in [0.25, 0.3) is 5.56 Å². The molecule has 6 nitrogen and oxygen atoms in total. The summed E-state index contributed by atoms with van der Waals surface area (Å²) in [5.41, 5.74) is 2.52. The summed E-state index contributed by atoms with van der Waals surface area (Å²) < 4.78 is 13.1. The van der Waals surface area contributed by atoms with E-state index < -0.39 is 6.04 Å². The fourth-order valence-corrected chi connectivity index (χ4v) is 6.01. The molecule has 180 valence electrons. The molecule has 2 aromatic carbocycles. The van der Waals surface area contributed by atoms with E-state index in [1.54, 1.807) is 43.1 Å². The largest absolute Gasteiger partial charge is 0.493 e. The van der Waals surface area contributed by atoms with E-state index in [0.717, 1.165) is 16.8 Å². The highest BCUT2D eigenvalue weighted by atomic mass is 35.5. The van der Waals surface area contributed by atoms with Crippen LogP contribution in [0.3, 0.4) is 0 Å². The molecule has 1 unspecified atom stereocenters. The van der Waals surface area contributed by atoms with Gasteiger partial charge in [-0.2, -0.15) is 0 Å². The Hall–Kier alpha value is -3.16. The number of allylic oxidation sites excluding steroid dienone is 2. The normalized spacial score (nSPS) is 19.2. The zero-order valence-corrected chi connectivity index (χ0v) is 21.5. The van der Waals surface area contributed by atoms with E-state index in [1.165, 1.54) is 11.3 Å². The summed E-state index contributed by atoms with van der Waals surface area (Å²) in [6.45, 7) is 4.15. The molecule has 2 aliphatic rings. The minimum absolute atomic E-state index is 0.0312. The van der Waals surface area contributed by atoms with Crippen LogP contribution in [0.15, 0.2) is 63.5 Å². The average Bonchev–Trinajstić information content (AvgIpc) is 3.11. The van der Waals surface area contributed by atoms with Crippen LogP contribution in [0.4, 0.5) is 0 Å². The van der Waals surface area contributed by atoms with Gasteiger partial charge in [0, 0.05) is 22.6 Å². The van der Waals surface area contributed by atoms with Crippen LogP contribution in [0, 0.1) is 5.41 Å². The monoisotopic (exact) mass is 508 g/mol. The van der Waals surface area contributed by atoms with Gasteiger partial charge in [0.1, 0.15) is 0 Å². The number of fused-ring (bicyclic) bond motifs is 1. The summed E-state index contributed by atoms with van der Waals surface area (Å²) in [6, 6.07) is 12.3. The number of halogens is 1. The number of ketones is 1. The number of rotatable bonds is 4. The third-order valence-corrected chi connectivity index (χ3v) is 7.64. The molecular formula is C27H25ClN2O4S. The molecule has 0 N–H and O–H groups in total. The molecule has 1 aliphatic carbocycles. The van der Waals surface area contributed by atoms with E-state index in [-0.39, 0.29) is 16.8 Å². The number of benzene rings is 2. The first-order chi connectivity index (χ1) is 16.7. The summed E-state index contributed by atoms with van der Waals surface area (Å²) in [5.74, 6) is 1.16. The van der Waals surface area contributed by atoms with Crippen LogP contribution in [0.25, 0.3) is 6.08 Å². The fraction of sp³-hybridized carbons (Fsp3) is 0.296. The van der Waals surface area contributed by atoms with Crippen molar-refractivity contribution in [2.45, 2.75) is 32.7 Å². The Kier molecular flexibility index (Phi) is 5.93. The molecule has 1 aromatic heterocycles. The number of ether oxygens (including phenoxy) is 2. The Morgan fingerprint density at radius 3 is 2.51 bits per heavy atom. The first-order valence-electron chi connectivity index (χ1n) is 11.3. The van der Waals surface area contributed by atoms with E-state index in [1.807, 2.05) is 24.3 Å². The summed E-state index contributed by atoms with van der Waals surface area (Å²) >= 11 is 7.45. The Morgan fingerprint density at radius 1 is 1.09 bits per heavy atom. The van der Waals surface area contributed by atoms with Gasteiger partial charge in [-0.1, -0.05) is 61.1 Å². The third kappa shape index (κ3) is 4.13. The molecule has 5 rings (SSSR count). The number of aromatic nitrogens is 1. The van der Waals surface area contributed by atoms with Gasteiger partial charge in [-0.05, 0) is 41.7 Å². The number of thiazole rings is 1. The van der Waals surface area contributed by atoms with Crippen LogP contribution in [0.1, 0.15) is 43.9 Å². The number of para-hydroxylation sites is 1. The van der Waals surface area contributed by atoms with Gasteiger partial charge in [0.2, 0.25) is 0 Å². The molecule has 0 spiro atoms. The lowest BCUT2D eigenvalue weighted by atomic mass is 9.73. The highest BCUT2D eigenvalue weighted by molar-refractivity contribution is 7.07. The summed E-state index contributed by atoms with van der Waals surface area (Å²) in [7, 11) is 3.14. The maximum Gasteiger partial charge on any atom is 0.271 e. The minimum atomic E-state index is -0.545. The molecule has 2 heterocycles. The first-order valence-corrected chi connectivity index (χ1v) is 12.5.